The number of carbonyl (C=O) groups is 2. The fourth-order valence-corrected chi connectivity index (χ4v) is 3.54. The molecule has 0 aliphatic rings. The molecule has 0 aliphatic heterocycles. The van der Waals surface area contributed by atoms with Crippen LogP contribution in [0.2, 0.25) is 0 Å². The number of unbranched alkanes of at least 4 members (excludes halogenated alkanes) is 8. The summed E-state index contributed by atoms with van der Waals surface area (Å²) in [5.41, 5.74) is 0.255. The van der Waals surface area contributed by atoms with E-state index >= 15 is 0 Å². The highest BCUT2D eigenvalue weighted by Crippen LogP contribution is 2.25. The molecule has 0 saturated carbocycles. The maximum Gasteiger partial charge on any atom is 0.306 e. The highest BCUT2D eigenvalue weighted by Gasteiger charge is 2.29. The Labute approximate surface area is 205 Å². The Morgan fingerprint density at radius 3 is 2.06 bits per heavy atom. The number of alkyl halides is 2. The number of ether oxygens (including phenoxy) is 1. The van der Waals surface area contributed by atoms with Crippen molar-refractivity contribution >= 4 is 40.8 Å². The minimum Gasteiger partial charge on any atom is -0.455 e. The number of amides is 1. The summed E-state index contributed by atoms with van der Waals surface area (Å²) >= 11 is 11.2. The Hall–Kier alpha value is -1.90. The first kappa shape index (κ1) is 29.1. The summed E-state index contributed by atoms with van der Waals surface area (Å²) in [4.78, 5) is 33.4. The maximum atomic E-state index is 12.5. The zero-order valence-electron chi connectivity index (χ0n) is 19.0. The largest absolute Gasteiger partial charge is 0.455 e. The Morgan fingerprint density at radius 2 is 1.58 bits per heavy atom. The van der Waals surface area contributed by atoms with E-state index in [0.717, 1.165) is 19.3 Å². The van der Waals surface area contributed by atoms with Gasteiger partial charge < -0.3 is 15.2 Å². The van der Waals surface area contributed by atoms with Crippen LogP contribution in [-0.4, -0.2) is 39.4 Å². The van der Waals surface area contributed by atoms with E-state index in [1.54, 1.807) is 0 Å². The van der Waals surface area contributed by atoms with E-state index < -0.39 is 40.4 Å². The molecule has 1 amide bonds. The van der Waals surface area contributed by atoms with Crippen molar-refractivity contribution in [2.24, 2.45) is 0 Å². The van der Waals surface area contributed by atoms with Crippen molar-refractivity contribution in [2.75, 3.05) is 6.61 Å². The highest BCUT2D eigenvalue weighted by molar-refractivity contribution is 6.53. The van der Waals surface area contributed by atoms with Crippen LogP contribution in [0.3, 0.4) is 0 Å². The van der Waals surface area contributed by atoms with Gasteiger partial charge in [0, 0.05) is 18.6 Å². The van der Waals surface area contributed by atoms with Crippen LogP contribution in [0.15, 0.2) is 24.3 Å². The number of halogens is 2. The lowest BCUT2D eigenvalue weighted by atomic mass is 10.0. The smallest absolute Gasteiger partial charge is 0.306 e. The van der Waals surface area contributed by atoms with E-state index in [9.17, 15) is 24.8 Å². The molecule has 0 aromatic heterocycles. The molecule has 1 rings (SSSR count). The van der Waals surface area contributed by atoms with Crippen molar-refractivity contribution < 1.29 is 24.4 Å². The minimum absolute atomic E-state index is 0.135. The first-order valence-corrected chi connectivity index (χ1v) is 12.3. The molecule has 186 valence electrons. The molecular weight excluding hydrogens is 471 g/mol. The van der Waals surface area contributed by atoms with Crippen molar-refractivity contribution in [3.8, 4) is 0 Å². The van der Waals surface area contributed by atoms with Crippen LogP contribution in [0, 0.1) is 10.1 Å². The van der Waals surface area contributed by atoms with E-state index in [4.69, 9.17) is 27.9 Å². The molecule has 0 heterocycles. The number of esters is 1. The fourth-order valence-electron chi connectivity index (χ4n) is 3.41. The normalized spacial score (nSPS) is 12.9. The van der Waals surface area contributed by atoms with E-state index in [1.165, 1.54) is 56.4 Å². The van der Waals surface area contributed by atoms with Gasteiger partial charge in [0.05, 0.1) is 17.6 Å². The number of non-ortho nitro benzene ring substituents is 1. The molecule has 2 atom stereocenters. The van der Waals surface area contributed by atoms with E-state index in [0.29, 0.717) is 12.0 Å². The average Bonchev–Trinajstić information content (AvgIpc) is 2.80. The molecule has 0 radical (unpaired) electrons. The number of nitro benzene ring substituents is 1. The van der Waals surface area contributed by atoms with Crippen LogP contribution in [0.4, 0.5) is 5.69 Å². The standard InChI is InChI=1S/C23H34Cl2N2O6/c1-2-3-4-5-6-7-8-9-10-11-20(29)33-21(19(16-28)26-23(30)22(24)25)17-12-14-18(15-13-17)27(31)32/h12-15,19,21-22,28H,2-11,16H2,1H3,(H,26,30)/t19-,21-/m1/s1. The number of benzene rings is 1. The van der Waals surface area contributed by atoms with Crippen LogP contribution in [0.25, 0.3) is 0 Å². The van der Waals surface area contributed by atoms with Crippen molar-refractivity contribution in [2.45, 2.75) is 88.1 Å². The molecule has 33 heavy (non-hydrogen) atoms. The van der Waals surface area contributed by atoms with Crippen LogP contribution < -0.4 is 5.32 Å². The van der Waals surface area contributed by atoms with Gasteiger partial charge in [0.15, 0.2) is 4.84 Å². The zero-order valence-corrected chi connectivity index (χ0v) is 20.5. The molecule has 0 fully saturated rings. The number of nitrogens with one attached hydrogen (secondary N) is 1. The zero-order chi connectivity index (χ0) is 24.6. The lowest BCUT2D eigenvalue weighted by Gasteiger charge is -2.27. The number of carbonyl (C=O) groups excluding carboxylic acids is 2. The van der Waals surface area contributed by atoms with Gasteiger partial charge in [-0.3, -0.25) is 19.7 Å². The van der Waals surface area contributed by atoms with Crippen LogP contribution in [0.1, 0.15) is 82.8 Å². The van der Waals surface area contributed by atoms with Crippen molar-refractivity contribution in [1.82, 2.24) is 5.32 Å². The number of hydrogen-bond donors (Lipinski definition) is 2. The Bertz CT molecular complexity index is 730. The van der Waals surface area contributed by atoms with Gasteiger partial charge in [0.25, 0.3) is 11.6 Å². The molecule has 0 bridgehead atoms. The third-order valence-electron chi connectivity index (χ3n) is 5.26. The maximum absolute atomic E-state index is 12.5. The molecule has 2 N–H and O–H groups in total. The molecule has 0 aliphatic carbocycles. The van der Waals surface area contributed by atoms with Crippen LogP contribution >= 0.6 is 23.2 Å². The van der Waals surface area contributed by atoms with Gasteiger partial charge in [-0.25, -0.2) is 0 Å². The second-order valence-electron chi connectivity index (χ2n) is 7.94. The number of nitrogens with zero attached hydrogens (tertiary/aromatic N) is 1. The number of rotatable bonds is 17. The van der Waals surface area contributed by atoms with Crippen molar-refractivity contribution in [3.05, 3.63) is 39.9 Å². The molecule has 0 spiro atoms. The minimum atomic E-state index is -1.37. The quantitative estimate of drug-likeness (QED) is 0.0965. The van der Waals surface area contributed by atoms with Gasteiger partial charge in [0.2, 0.25) is 0 Å². The molecule has 0 saturated heterocycles. The lowest BCUT2D eigenvalue weighted by molar-refractivity contribution is -0.384. The van der Waals surface area contributed by atoms with Crippen molar-refractivity contribution in [3.63, 3.8) is 0 Å². The first-order valence-electron chi connectivity index (χ1n) is 11.4. The molecule has 10 heteroatoms. The number of aliphatic hydroxyl groups excluding tert-OH is 1. The monoisotopic (exact) mass is 504 g/mol. The summed E-state index contributed by atoms with van der Waals surface area (Å²) in [5.74, 6) is -1.23. The molecule has 0 unspecified atom stereocenters. The van der Waals surface area contributed by atoms with E-state index in [1.807, 2.05) is 0 Å². The summed E-state index contributed by atoms with van der Waals surface area (Å²) < 4.78 is 5.57. The Kier molecular flexibility index (Phi) is 14.7. The van der Waals surface area contributed by atoms with E-state index in [2.05, 4.69) is 12.2 Å². The van der Waals surface area contributed by atoms with E-state index in [-0.39, 0.29) is 12.1 Å². The summed E-state index contributed by atoms with van der Waals surface area (Å²) in [7, 11) is 0. The molecular formula is C23H34Cl2N2O6. The summed E-state index contributed by atoms with van der Waals surface area (Å²) in [6.45, 7) is 1.63. The summed E-state index contributed by atoms with van der Waals surface area (Å²) in [6.07, 6.45) is 9.11. The highest BCUT2D eigenvalue weighted by atomic mass is 35.5. The lowest BCUT2D eigenvalue weighted by Crippen LogP contribution is -2.45. The fraction of sp³-hybridized carbons (Fsp3) is 0.652. The Morgan fingerprint density at radius 1 is 1.03 bits per heavy atom. The predicted molar refractivity (Wildman–Crippen MR) is 128 cm³/mol. The van der Waals surface area contributed by atoms with Gasteiger partial charge in [-0.05, 0) is 24.1 Å². The van der Waals surface area contributed by atoms with Crippen LogP contribution in [-0.2, 0) is 14.3 Å². The van der Waals surface area contributed by atoms with Gasteiger partial charge in [-0.2, -0.15) is 0 Å². The SMILES string of the molecule is CCCCCCCCCCCC(=O)O[C@H](c1ccc([N+](=O)[O-])cc1)[C@@H](CO)NC(=O)C(Cl)Cl. The Balaban J connectivity index is 2.68. The summed E-state index contributed by atoms with van der Waals surface area (Å²) in [5, 5.41) is 23.2. The molecule has 1 aromatic rings. The second-order valence-corrected chi connectivity index (χ2v) is 9.03. The molecule has 8 nitrogen and oxygen atoms in total. The topological polar surface area (TPSA) is 119 Å². The summed E-state index contributed by atoms with van der Waals surface area (Å²) in [6, 6.07) is 4.34. The number of hydrogen-bond acceptors (Lipinski definition) is 6. The second kappa shape index (κ2) is 16.7. The number of aliphatic hydroxyl groups is 1. The predicted octanol–water partition coefficient (Wildman–Crippen LogP) is 5.38. The van der Waals surface area contributed by atoms with Crippen LogP contribution in [0.5, 0.6) is 0 Å². The third-order valence-corrected chi connectivity index (χ3v) is 5.66. The van der Waals surface area contributed by atoms with Gasteiger partial charge in [-0.15, -0.1) is 0 Å². The number of nitro groups is 1. The van der Waals surface area contributed by atoms with Gasteiger partial charge in [0.1, 0.15) is 6.10 Å². The average molecular weight is 505 g/mol. The molecule has 1 aromatic carbocycles. The first-order chi connectivity index (χ1) is 15.8. The third kappa shape index (κ3) is 11.7. The van der Waals surface area contributed by atoms with Gasteiger partial charge in [-0.1, -0.05) is 81.5 Å². The van der Waals surface area contributed by atoms with Gasteiger partial charge >= 0.3 is 5.97 Å². The van der Waals surface area contributed by atoms with Crippen molar-refractivity contribution in [1.29, 1.82) is 0 Å².